The quantitative estimate of drug-likeness (QED) is 0.805. The van der Waals surface area contributed by atoms with Gasteiger partial charge < -0.3 is 19.7 Å². The Morgan fingerprint density at radius 1 is 1.23 bits per heavy atom. The molecule has 2 atom stereocenters. The SMILES string of the molecule is CCCCc1cc(O)c2c(c1)OC(C)(C)C1=C2[C@@H](OCC)[C@](C)(O)CC1. The molecule has 26 heavy (non-hydrogen) atoms. The average Bonchev–Trinajstić information content (AvgIpc) is 2.54. The molecule has 3 rings (SSSR count). The molecule has 2 aliphatic rings. The van der Waals surface area contributed by atoms with E-state index in [4.69, 9.17) is 9.47 Å². The summed E-state index contributed by atoms with van der Waals surface area (Å²) < 4.78 is 12.3. The zero-order valence-corrected chi connectivity index (χ0v) is 16.7. The molecule has 144 valence electrons. The molecule has 1 aromatic carbocycles. The Morgan fingerprint density at radius 3 is 2.62 bits per heavy atom. The molecule has 1 heterocycles. The second kappa shape index (κ2) is 6.90. The fourth-order valence-corrected chi connectivity index (χ4v) is 4.32. The van der Waals surface area contributed by atoms with Crippen LogP contribution in [0.25, 0.3) is 5.57 Å². The van der Waals surface area contributed by atoms with Crippen molar-refractivity contribution in [3.63, 3.8) is 0 Å². The minimum Gasteiger partial charge on any atom is -0.507 e. The van der Waals surface area contributed by atoms with Crippen LogP contribution in [0.5, 0.6) is 11.5 Å². The molecule has 0 aromatic heterocycles. The number of hydrogen-bond acceptors (Lipinski definition) is 4. The maximum atomic E-state index is 11.0. The topological polar surface area (TPSA) is 58.9 Å². The monoisotopic (exact) mass is 360 g/mol. The fourth-order valence-electron chi connectivity index (χ4n) is 4.32. The van der Waals surface area contributed by atoms with E-state index in [0.717, 1.165) is 42.4 Å². The molecule has 4 heteroatoms. The lowest BCUT2D eigenvalue weighted by atomic mass is 9.70. The summed E-state index contributed by atoms with van der Waals surface area (Å²) >= 11 is 0. The van der Waals surface area contributed by atoms with E-state index < -0.39 is 17.3 Å². The molecule has 1 aromatic rings. The second-order valence-corrected chi connectivity index (χ2v) is 8.29. The van der Waals surface area contributed by atoms with Crippen LogP contribution < -0.4 is 4.74 Å². The zero-order valence-electron chi connectivity index (χ0n) is 16.7. The van der Waals surface area contributed by atoms with E-state index in [1.807, 2.05) is 26.0 Å². The van der Waals surface area contributed by atoms with Gasteiger partial charge in [-0.15, -0.1) is 0 Å². The molecule has 0 unspecified atom stereocenters. The van der Waals surface area contributed by atoms with Gasteiger partial charge in [-0.1, -0.05) is 13.3 Å². The third-order valence-electron chi connectivity index (χ3n) is 5.69. The van der Waals surface area contributed by atoms with Crippen molar-refractivity contribution in [2.24, 2.45) is 0 Å². The highest BCUT2D eigenvalue weighted by molar-refractivity contribution is 5.84. The Bertz CT molecular complexity index is 715. The molecule has 0 radical (unpaired) electrons. The number of phenols is 1. The number of hydrogen-bond donors (Lipinski definition) is 2. The molecule has 0 fully saturated rings. The van der Waals surface area contributed by atoms with Gasteiger partial charge >= 0.3 is 0 Å². The first-order valence-electron chi connectivity index (χ1n) is 9.84. The first kappa shape index (κ1) is 19.2. The number of benzene rings is 1. The van der Waals surface area contributed by atoms with Crippen molar-refractivity contribution >= 4 is 5.57 Å². The standard InChI is InChI=1S/C22H32O4/c1-6-8-9-14-12-16(23)19-17(13-14)26-21(3,4)15-10-11-22(5,24)20(18(15)19)25-7-2/h12-13,20,23-24H,6-11H2,1-5H3/t20-,22-/m1/s1. The van der Waals surface area contributed by atoms with Crippen LogP contribution in [-0.4, -0.2) is 34.1 Å². The normalized spacial score (nSPS) is 26.9. The molecule has 0 bridgehead atoms. The maximum absolute atomic E-state index is 11.0. The molecule has 0 amide bonds. The molecule has 1 aliphatic heterocycles. The lowest BCUT2D eigenvalue weighted by Crippen LogP contribution is -2.49. The Morgan fingerprint density at radius 2 is 1.96 bits per heavy atom. The highest BCUT2D eigenvalue weighted by Crippen LogP contribution is 2.53. The van der Waals surface area contributed by atoms with Gasteiger partial charge in [0.25, 0.3) is 0 Å². The average molecular weight is 360 g/mol. The van der Waals surface area contributed by atoms with Gasteiger partial charge in [0.2, 0.25) is 0 Å². The van der Waals surface area contributed by atoms with Crippen LogP contribution in [0.15, 0.2) is 17.7 Å². The lowest BCUT2D eigenvalue weighted by molar-refractivity contribution is -0.0786. The van der Waals surface area contributed by atoms with Gasteiger partial charge in [0, 0.05) is 12.2 Å². The maximum Gasteiger partial charge on any atom is 0.132 e. The summed E-state index contributed by atoms with van der Waals surface area (Å²) in [5.74, 6) is 0.918. The molecule has 0 saturated heterocycles. The predicted molar refractivity (Wildman–Crippen MR) is 104 cm³/mol. The Labute approximate surface area is 156 Å². The van der Waals surface area contributed by atoms with Crippen LogP contribution in [0.4, 0.5) is 0 Å². The second-order valence-electron chi connectivity index (χ2n) is 8.29. The number of unbranched alkanes of at least 4 members (excludes halogenated alkanes) is 1. The van der Waals surface area contributed by atoms with Gasteiger partial charge in [0.15, 0.2) is 0 Å². The van der Waals surface area contributed by atoms with Crippen LogP contribution in [0.1, 0.15) is 71.4 Å². The van der Waals surface area contributed by atoms with Crippen molar-refractivity contribution in [2.75, 3.05) is 6.61 Å². The first-order valence-corrected chi connectivity index (χ1v) is 9.84. The van der Waals surface area contributed by atoms with Gasteiger partial charge in [-0.2, -0.15) is 0 Å². The Hall–Kier alpha value is -1.52. The number of phenolic OH excluding ortho intramolecular Hbond substituents is 1. The zero-order chi connectivity index (χ0) is 19.1. The van der Waals surface area contributed by atoms with Gasteiger partial charge in [0.05, 0.1) is 11.2 Å². The van der Waals surface area contributed by atoms with Gasteiger partial charge in [-0.3, -0.25) is 0 Å². The largest absolute Gasteiger partial charge is 0.507 e. The predicted octanol–water partition coefficient (Wildman–Crippen LogP) is 4.61. The smallest absolute Gasteiger partial charge is 0.132 e. The molecular weight excluding hydrogens is 328 g/mol. The number of ether oxygens (including phenoxy) is 2. The highest BCUT2D eigenvalue weighted by atomic mass is 16.5. The summed E-state index contributed by atoms with van der Waals surface area (Å²) in [5.41, 5.74) is 2.36. The summed E-state index contributed by atoms with van der Waals surface area (Å²) in [6, 6.07) is 3.88. The van der Waals surface area contributed by atoms with Crippen LogP contribution in [-0.2, 0) is 11.2 Å². The Kier molecular flexibility index (Phi) is 5.11. The number of aryl methyl sites for hydroxylation is 1. The molecule has 4 nitrogen and oxygen atoms in total. The number of aliphatic hydroxyl groups is 1. The summed E-state index contributed by atoms with van der Waals surface area (Å²) in [5, 5.41) is 21.8. The summed E-state index contributed by atoms with van der Waals surface area (Å²) in [4.78, 5) is 0. The Balaban J connectivity index is 2.18. The van der Waals surface area contributed by atoms with E-state index in [1.54, 1.807) is 0 Å². The van der Waals surface area contributed by atoms with Crippen molar-refractivity contribution in [1.29, 1.82) is 0 Å². The third-order valence-corrected chi connectivity index (χ3v) is 5.69. The number of fused-ring (bicyclic) bond motifs is 2. The summed E-state index contributed by atoms with van der Waals surface area (Å²) in [7, 11) is 0. The van der Waals surface area contributed by atoms with Crippen molar-refractivity contribution in [2.45, 2.75) is 84.0 Å². The van der Waals surface area contributed by atoms with E-state index in [-0.39, 0.29) is 5.75 Å². The van der Waals surface area contributed by atoms with E-state index in [9.17, 15) is 10.2 Å². The molecular formula is C22H32O4. The van der Waals surface area contributed by atoms with E-state index >= 15 is 0 Å². The third kappa shape index (κ3) is 3.25. The highest BCUT2D eigenvalue weighted by Gasteiger charge is 2.48. The van der Waals surface area contributed by atoms with E-state index in [0.29, 0.717) is 24.3 Å². The van der Waals surface area contributed by atoms with Crippen LogP contribution in [0.3, 0.4) is 0 Å². The van der Waals surface area contributed by atoms with Crippen molar-refractivity contribution < 1.29 is 19.7 Å². The van der Waals surface area contributed by atoms with E-state index in [1.165, 1.54) is 0 Å². The van der Waals surface area contributed by atoms with Crippen molar-refractivity contribution in [1.82, 2.24) is 0 Å². The van der Waals surface area contributed by atoms with Crippen molar-refractivity contribution in [3.05, 3.63) is 28.8 Å². The van der Waals surface area contributed by atoms with Gasteiger partial charge in [-0.25, -0.2) is 0 Å². The summed E-state index contributed by atoms with van der Waals surface area (Å²) in [6.45, 7) is 10.5. The lowest BCUT2D eigenvalue weighted by Gasteiger charge is -2.47. The van der Waals surface area contributed by atoms with Gasteiger partial charge in [0.1, 0.15) is 23.2 Å². The van der Waals surface area contributed by atoms with Crippen molar-refractivity contribution in [3.8, 4) is 11.5 Å². The molecule has 0 saturated carbocycles. The number of aromatic hydroxyl groups is 1. The minimum atomic E-state index is -0.965. The van der Waals surface area contributed by atoms with Gasteiger partial charge in [-0.05, 0) is 76.6 Å². The minimum absolute atomic E-state index is 0.221. The fraction of sp³-hybridized carbons (Fsp3) is 0.636. The van der Waals surface area contributed by atoms with Crippen LogP contribution >= 0.6 is 0 Å². The first-order chi connectivity index (χ1) is 12.2. The molecule has 2 N–H and O–H groups in total. The van der Waals surface area contributed by atoms with Crippen LogP contribution in [0.2, 0.25) is 0 Å². The molecule has 0 spiro atoms. The number of rotatable bonds is 5. The van der Waals surface area contributed by atoms with E-state index in [2.05, 4.69) is 20.8 Å². The molecule has 1 aliphatic carbocycles. The van der Waals surface area contributed by atoms with Crippen LogP contribution in [0, 0.1) is 0 Å². The summed E-state index contributed by atoms with van der Waals surface area (Å²) in [6.07, 6.45) is 3.98.